The summed E-state index contributed by atoms with van der Waals surface area (Å²) in [5.74, 6) is 0.317. The minimum atomic E-state index is -0.310. The molecule has 0 spiro atoms. The van der Waals surface area contributed by atoms with Crippen LogP contribution < -0.4 is 0 Å². The summed E-state index contributed by atoms with van der Waals surface area (Å²) in [6.45, 7) is 4.11. The third kappa shape index (κ3) is 2.60. The largest absolute Gasteiger partial charge is 0.465 e. The predicted molar refractivity (Wildman–Crippen MR) is 117 cm³/mol. The SMILES string of the molecule is CCOC(=O)Cn1c(C)c(/C=N\N2C(=O)[C@H]3[C@@H]4C=C[C@H]([C@H]5C[C@H]45)[C@@H]3C2=O)c2ccccc21. The molecule has 2 heterocycles. The van der Waals surface area contributed by atoms with Crippen molar-refractivity contribution in [2.24, 2.45) is 40.6 Å². The molecule has 32 heavy (non-hydrogen) atoms. The Labute approximate surface area is 185 Å². The van der Waals surface area contributed by atoms with Gasteiger partial charge in [0.2, 0.25) is 0 Å². The molecule has 7 nitrogen and oxygen atoms in total. The summed E-state index contributed by atoms with van der Waals surface area (Å²) in [5, 5.41) is 6.42. The molecule has 7 heteroatoms. The number of imide groups is 1. The Kier molecular flexibility index (Phi) is 4.19. The van der Waals surface area contributed by atoms with Gasteiger partial charge in [0.25, 0.3) is 11.8 Å². The van der Waals surface area contributed by atoms with Crippen molar-refractivity contribution in [1.82, 2.24) is 9.58 Å². The van der Waals surface area contributed by atoms with Gasteiger partial charge in [-0.3, -0.25) is 14.4 Å². The lowest BCUT2D eigenvalue weighted by Crippen LogP contribution is -2.40. The fourth-order valence-corrected chi connectivity index (χ4v) is 6.33. The Bertz CT molecular complexity index is 1190. The van der Waals surface area contributed by atoms with Gasteiger partial charge in [0.05, 0.1) is 24.7 Å². The fraction of sp³-hybridized carbons (Fsp3) is 0.440. The van der Waals surface area contributed by atoms with Gasteiger partial charge in [-0.1, -0.05) is 30.4 Å². The van der Waals surface area contributed by atoms with Gasteiger partial charge in [-0.2, -0.15) is 10.1 Å². The zero-order valence-corrected chi connectivity index (χ0v) is 18.1. The summed E-state index contributed by atoms with van der Waals surface area (Å²) >= 11 is 0. The molecule has 1 aliphatic heterocycles. The molecule has 164 valence electrons. The maximum atomic E-state index is 13.2. The van der Waals surface area contributed by atoms with Crippen molar-refractivity contribution in [2.75, 3.05) is 6.61 Å². The lowest BCUT2D eigenvalue weighted by molar-refractivity contribution is -0.144. The van der Waals surface area contributed by atoms with Crippen molar-refractivity contribution in [2.45, 2.75) is 26.8 Å². The van der Waals surface area contributed by atoms with E-state index in [2.05, 4.69) is 17.3 Å². The van der Waals surface area contributed by atoms with Crippen LogP contribution in [-0.4, -0.2) is 40.2 Å². The van der Waals surface area contributed by atoms with Crippen molar-refractivity contribution in [3.8, 4) is 0 Å². The van der Waals surface area contributed by atoms with Crippen LogP contribution in [-0.2, 0) is 25.7 Å². The Morgan fingerprint density at radius 3 is 2.44 bits per heavy atom. The van der Waals surface area contributed by atoms with E-state index < -0.39 is 0 Å². The first-order chi connectivity index (χ1) is 15.5. The monoisotopic (exact) mass is 431 g/mol. The lowest BCUT2D eigenvalue weighted by atomic mass is 9.63. The van der Waals surface area contributed by atoms with Gasteiger partial charge in [0.15, 0.2) is 0 Å². The van der Waals surface area contributed by atoms with Crippen LogP contribution in [0.3, 0.4) is 0 Å². The molecule has 6 atom stereocenters. The van der Waals surface area contributed by atoms with Crippen molar-refractivity contribution in [1.29, 1.82) is 0 Å². The molecule has 0 radical (unpaired) electrons. The Morgan fingerprint density at radius 2 is 1.78 bits per heavy atom. The number of ether oxygens (including phenoxy) is 1. The molecule has 7 rings (SSSR count). The van der Waals surface area contributed by atoms with Gasteiger partial charge in [0, 0.05) is 22.2 Å². The second-order valence-electron chi connectivity index (χ2n) is 9.29. The second-order valence-corrected chi connectivity index (χ2v) is 9.29. The van der Waals surface area contributed by atoms with E-state index in [0.717, 1.165) is 33.6 Å². The van der Waals surface area contributed by atoms with Gasteiger partial charge in [0.1, 0.15) is 6.54 Å². The molecular weight excluding hydrogens is 406 g/mol. The van der Waals surface area contributed by atoms with Crippen LogP contribution in [0.1, 0.15) is 24.6 Å². The van der Waals surface area contributed by atoms with Crippen LogP contribution in [0.15, 0.2) is 41.5 Å². The maximum absolute atomic E-state index is 13.2. The number of aromatic nitrogens is 1. The van der Waals surface area contributed by atoms with Crippen LogP contribution in [0.5, 0.6) is 0 Å². The topological polar surface area (TPSA) is 81.0 Å². The summed E-state index contributed by atoms with van der Waals surface area (Å²) in [7, 11) is 0. The van der Waals surface area contributed by atoms with E-state index in [1.807, 2.05) is 35.8 Å². The molecule has 4 aliphatic carbocycles. The summed E-state index contributed by atoms with van der Waals surface area (Å²) in [6.07, 6.45) is 7.05. The average molecular weight is 431 g/mol. The number of amides is 2. The molecule has 3 fully saturated rings. The normalized spacial score (nSPS) is 32.1. The van der Waals surface area contributed by atoms with Crippen LogP contribution in [0.25, 0.3) is 10.9 Å². The predicted octanol–water partition coefficient (Wildman–Crippen LogP) is 2.90. The molecule has 5 aliphatic rings. The lowest BCUT2D eigenvalue weighted by Gasteiger charge is -2.37. The zero-order valence-electron chi connectivity index (χ0n) is 18.1. The van der Waals surface area contributed by atoms with Gasteiger partial charge < -0.3 is 9.30 Å². The number of nitrogens with zero attached hydrogens (tertiary/aromatic N) is 3. The Balaban J connectivity index is 1.34. The number of para-hydroxylation sites is 1. The van der Waals surface area contributed by atoms with E-state index in [1.165, 1.54) is 0 Å². The molecule has 2 bridgehead atoms. The first-order valence-electron chi connectivity index (χ1n) is 11.3. The number of fused-ring (bicyclic) bond motifs is 1. The molecule has 1 aromatic carbocycles. The average Bonchev–Trinajstić information content (AvgIpc) is 3.53. The second kappa shape index (κ2) is 6.89. The molecule has 2 saturated carbocycles. The van der Waals surface area contributed by atoms with E-state index in [1.54, 1.807) is 13.1 Å². The summed E-state index contributed by atoms with van der Waals surface area (Å²) in [5.41, 5.74) is 2.52. The minimum Gasteiger partial charge on any atom is -0.465 e. The summed E-state index contributed by atoms with van der Waals surface area (Å²) < 4.78 is 7.01. The Morgan fingerprint density at radius 1 is 1.12 bits per heavy atom. The van der Waals surface area contributed by atoms with Crippen LogP contribution in [0, 0.1) is 42.4 Å². The number of hydrogen-bond donors (Lipinski definition) is 0. The summed E-state index contributed by atoms with van der Waals surface area (Å²) in [4.78, 5) is 38.5. The van der Waals surface area contributed by atoms with E-state index >= 15 is 0 Å². The van der Waals surface area contributed by atoms with Gasteiger partial charge in [-0.15, -0.1) is 0 Å². The van der Waals surface area contributed by atoms with E-state index in [4.69, 9.17) is 4.74 Å². The zero-order chi connectivity index (χ0) is 22.1. The minimum absolute atomic E-state index is 0.0948. The number of hydrazone groups is 1. The number of rotatable bonds is 5. The van der Waals surface area contributed by atoms with Gasteiger partial charge in [-0.25, -0.2) is 0 Å². The highest BCUT2D eigenvalue weighted by Gasteiger charge is 2.67. The van der Waals surface area contributed by atoms with Crippen molar-refractivity contribution >= 4 is 34.9 Å². The first-order valence-corrected chi connectivity index (χ1v) is 11.3. The number of allylic oxidation sites excluding steroid dienone is 2. The highest BCUT2D eigenvalue weighted by molar-refractivity contribution is 6.08. The molecule has 0 N–H and O–H groups in total. The van der Waals surface area contributed by atoms with Crippen molar-refractivity contribution in [3.05, 3.63) is 47.7 Å². The van der Waals surface area contributed by atoms with Crippen LogP contribution in [0.4, 0.5) is 0 Å². The molecular formula is C25H25N3O4. The molecule has 1 saturated heterocycles. The Hall–Kier alpha value is -3.22. The van der Waals surface area contributed by atoms with E-state index in [9.17, 15) is 14.4 Å². The smallest absolute Gasteiger partial charge is 0.325 e. The van der Waals surface area contributed by atoms with Crippen molar-refractivity contribution in [3.63, 3.8) is 0 Å². The molecule has 1 aromatic heterocycles. The van der Waals surface area contributed by atoms with Crippen molar-refractivity contribution < 1.29 is 19.1 Å². The van der Waals surface area contributed by atoms with Crippen LogP contribution in [0.2, 0.25) is 0 Å². The highest BCUT2D eigenvalue weighted by atomic mass is 16.5. The van der Waals surface area contributed by atoms with Gasteiger partial charge in [-0.05, 0) is 50.0 Å². The van der Waals surface area contributed by atoms with E-state index in [0.29, 0.717) is 18.4 Å². The number of carbonyl (C=O) groups excluding carboxylic acids is 3. The van der Waals surface area contributed by atoms with E-state index in [-0.39, 0.29) is 48.0 Å². The third-order valence-electron chi connectivity index (χ3n) is 7.81. The quantitative estimate of drug-likeness (QED) is 0.316. The summed E-state index contributed by atoms with van der Waals surface area (Å²) in [6, 6.07) is 7.73. The number of benzene rings is 1. The maximum Gasteiger partial charge on any atom is 0.325 e. The standard InChI is InChI=1S/C25H25N3O4/c1-3-32-21(29)12-27-13(2)19(14-6-4-5-7-20(14)27)11-26-28-24(30)22-15-8-9-16(18-10-17(15)18)23(22)25(28)31/h4-9,11,15-18,22-23H,3,10,12H2,1-2H3/b26-11-/t15-,16-,17-,18-,22+,23+/m1/s1. The highest BCUT2D eigenvalue weighted by Crippen LogP contribution is 2.65. The van der Waals surface area contributed by atoms with Crippen LogP contribution >= 0.6 is 0 Å². The number of esters is 1. The fourth-order valence-electron chi connectivity index (χ4n) is 6.33. The molecule has 2 amide bonds. The third-order valence-corrected chi connectivity index (χ3v) is 7.81. The first kappa shape index (κ1) is 19.5. The molecule has 2 aromatic rings. The number of carbonyl (C=O) groups is 3. The van der Waals surface area contributed by atoms with Gasteiger partial charge >= 0.3 is 5.97 Å². The number of hydrogen-bond acceptors (Lipinski definition) is 5. The molecule has 0 unspecified atom stereocenters.